The van der Waals surface area contributed by atoms with Gasteiger partial charge in [-0.05, 0) is 24.6 Å². The van der Waals surface area contributed by atoms with Gasteiger partial charge >= 0.3 is 0 Å². The summed E-state index contributed by atoms with van der Waals surface area (Å²) in [6.45, 7) is 1.90. The average molecular weight is 448 g/mol. The summed E-state index contributed by atoms with van der Waals surface area (Å²) in [5.74, 6) is 0.633. The molecule has 3 rings (SSSR count). The molecule has 1 heterocycles. The normalized spacial score (nSPS) is 11.9. The Labute approximate surface area is 183 Å². The maximum Gasteiger partial charge on any atom is 0.261 e. The molecule has 1 amide bonds. The topological polar surface area (TPSA) is 82.5 Å². The molecule has 0 fully saturated rings. The molecule has 0 saturated heterocycles. The van der Waals surface area contributed by atoms with Crippen LogP contribution in [0.3, 0.4) is 0 Å². The smallest absolute Gasteiger partial charge is 0.261 e. The summed E-state index contributed by atoms with van der Waals surface area (Å²) in [4.78, 5) is 30.2. The Morgan fingerprint density at radius 1 is 1.23 bits per heavy atom. The number of methoxy groups -OCH3 is 2. The molecule has 1 unspecified atom stereocenters. The first kappa shape index (κ1) is 22.0. The first-order chi connectivity index (χ1) is 14.4. The summed E-state index contributed by atoms with van der Waals surface area (Å²) in [7, 11) is 4.66. The van der Waals surface area contributed by atoms with Gasteiger partial charge in [-0.1, -0.05) is 42.4 Å². The molecule has 0 spiro atoms. The van der Waals surface area contributed by atoms with Crippen molar-refractivity contribution in [2.45, 2.75) is 23.8 Å². The number of carbonyl (C=O) groups is 1. The molecular weight excluding hydrogens is 426 g/mol. The summed E-state index contributed by atoms with van der Waals surface area (Å²) in [6, 6.07) is 10.3. The number of fused-ring (bicyclic) bond motifs is 1. The van der Waals surface area contributed by atoms with Crippen LogP contribution in [0.4, 0.5) is 5.69 Å². The quantitative estimate of drug-likeness (QED) is 0.433. The minimum atomic E-state index is -0.477. The molecule has 1 N–H and O–H groups in total. The molecule has 30 heavy (non-hydrogen) atoms. The van der Waals surface area contributed by atoms with Gasteiger partial charge in [0.25, 0.3) is 5.56 Å². The summed E-state index contributed by atoms with van der Waals surface area (Å²) in [5.41, 5.74) is 0.886. The van der Waals surface area contributed by atoms with Crippen LogP contribution in [0.5, 0.6) is 11.5 Å². The number of para-hydroxylation sites is 1. The lowest BCUT2D eigenvalue weighted by atomic mass is 10.2. The monoisotopic (exact) mass is 447 g/mol. The van der Waals surface area contributed by atoms with Gasteiger partial charge in [0, 0.05) is 13.1 Å². The second kappa shape index (κ2) is 9.40. The number of nitrogens with zero attached hydrogens (tertiary/aromatic N) is 2. The average Bonchev–Trinajstić information content (AvgIpc) is 2.75. The summed E-state index contributed by atoms with van der Waals surface area (Å²) >= 11 is 7.43. The fourth-order valence-electron chi connectivity index (χ4n) is 2.92. The van der Waals surface area contributed by atoms with Crippen LogP contribution in [-0.2, 0) is 11.8 Å². The Morgan fingerprint density at radius 2 is 1.93 bits per heavy atom. The van der Waals surface area contributed by atoms with Gasteiger partial charge in [0.15, 0.2) is 5.16 Å². The number of aromatic nitrogens is 2. The highest BCUT2D eigenvalue weighted by atomic mass is 35.5. The number of amides is 1. The predicted molar refractivity (Wildman–Crippen MR) is 120 cm³/mol. The maximum atomic E-state index is 13.0. The zero-order valence-corrected chi connectivity index (χ0v) is 18.6. The number of benzene rings is 2. The molecule has 0 radical (unpaired) electrons. The van der Waals surface area contributed by atoms with Crippen molar-refractivity contribution in [3.8, 4) is 11.5 Å². The molecule has 0 saturated carbocycles. The van der Waals surface area contributed by atoms with E-state index in [1.165, 1.54) is 30.5 Å². The number of rotatable bonds is 7. The summed E-state index contributed by atoms with van der Waals surface area (Å²) < 4.78 is 12.0. The van der Waals surface area contributed by atoms with Crippen molar-refractivity contribution in [1.82, 2.24) is 9.55 Å². The van der Waals surface area contributed by atoms with E-state index < -0.39 is 5.25 Å². The molecule has 0 aliphatic carbocycles. The zero-order chi connectivity index (χ0) is 21.8. The number of hydrogen-bond acceptors (Lipinski definition) is 6. The highest BCUT2D eigenvalue weighted by Gasteiger charge is 2.23. The summed E-state index contributed by atoms with van der Waals surface area (Å²) in [5, 5.41) is 3.75. The van der Waals surface area contributed by atoms with Gasteiger partial charge in [0.05, 0.1) is 41.1 Å². The lowest BCUT2D eigenvalue weighted by molar-refractivity contribution is -0.115. The highest BCUT2D eigenvalue weighted by Crippen LogP contribution is 2.36. The van der Waals surface area contributed by atoms with Crippen LogP contribution in [0.15, 0.2) is 46.3 Å². The Morgan fingerprint density at radius 3 is 2.60 bits per heavy atom. The van der Waals surface area contributed by atoms with E-state index in [9.17, 15) is 9.59 Å². The first-order valence-corrected chi connectivity index (χ1v) is 10.5. The van der Waals surface area contributed by atoms with Crippen molar-refractivity contribution in [2.75, 3.05) is 19.5 Å². The predicted octanol–water partition coefficient (Wildman–Crippen LogP) is 4.11. The zero-order valence-electron chi connectivity index (χ0n) is 17.1. The molecule has 1 atom stereocenters. The molecule has 0 bridgehead atoms. The van der Waals surface area contributed by atoms with Gasteiger partial charge in [-0.15, -0.1) is 0 Å². The van der Waals surface area contributed by atoms with Gasteiger partial charge in [0.1, 0.15) is 11.5 Å². The number of anilines is 1. The number of ether oxygens (including phenoxy) is 2. The fourth-order valence-corrected chi connectivity index (χ4v) is 4.14. The lowest BCUT2D eigenvalue weighted by Crippen LogP contribution is -2.27. The Bertz CT molecular complexity index is 1150. The Balaban J connectivity index is 1.88. The van der Waals surface area contributed by atoms with E-state index in [-0.39, 0.29) is 11.5 Å². The number of nitrogens with one attached hydrogen (secondary N) is 1. The van der Waals surface area contributed by atoms with E-state index in [0.29, 0.717) is 44.7 Å². The maximum absolute atomic E-state index is 13.0. The number of thioether (sulfide) groups is 1. The van der Waals surface area contributed by atoms with Crippen LogP contribution in [0, 0.1) is 0 Å². The van der Waals surface area contributed by atoms with Gasteiger partial charge in [0.2, 0.25) is 5.91 Å². The molecule has 0 aliphatic rings. The van der Waals surface area contributed by atoms with Crippen molar-refractivity contribution in [3.63, 3.8) is 0 Å². The molecule has 2 aromatic carbocycles. The standard InChI is InChI=1S/C21H22ClN3O4S/c1-5-18(19(26)23-15-10-13(22)16(28-3)11-17(15)29-4)30-21-24-14-9-7-6-8-12(14)20(27)25(21)2/h6-11,18H,5H2,1-4H3,(H,23,26). The molecule has 3 aromatic rings. The van der Waals surface area contributed by atoms with Gasteiger partial charge in [-0.2, -0.15) is 0 Å². The van der Waals surface area contributed by atoms with Crippen LogP contribution in [0.1, 0.15) is 13.3 Å². The van der Waals surface area contributed by atoms with Gasteiger partial charge in [-0.25, -0.2) is 4.98 Å². The van der Waals surface area contributed by atoms with Crippen molar-refractivity contribution in [3.05, 3.63) is 51.8 Å². The van der Waals surface area contributed by atoms with Crippen molar-refractivity contribution < 1.29 is 14.3 Å². The third-order valence-electron chi connectivity index (χ3n) is 4.58. The minimum absolute atomic E-state index is 0.151. The third-order valence-corrected chi connectivity index (χ3v) is 6.29. The van der Waals surface area contributed by atoms with E-state index in [1.54, 1.807) is 37.4 Å². The van der Waals surface area contributed by atoms with E-state index in [0.717, 1.165) is 0 Å². The highest BCUT2D eigenvalue weighted by molar-refractivity contribution is 8.00. The van der Waals surface area contributed by atoms with Crippen LogP contribution in [0.2, 0.25) is 5.02 Å². The second-order valence-electron chi connectivity index (χ2n) is 6.47. The van der Waals surface area contributed by atoms with E-state index in [2.05, 4.69) is 10.3 Å². The molecule has 9 heteroatoms. The van der Waals surface area contributed by atoms with Crippen LogP contribution >= 0.6 is 23.4 Å². The minimum Gasteiger partial charge on any atom is -0.495 e. The third kappa shape index (κ3) is 4.39. The fraction of sp³-hybridized carbons (Fsp3) is 0.286. The summed E-state index contributed by atoms with van der Waals surface area (Å²) in [6.07, 6.45) is 0.533. The largest absolute Gasteiger partial charge is 0.495 e. The number of hydrogen-bond donors (Lipinski definition) is 1. The van der Waals surface area contributed by atoms with E-state index in [4.69, 9.17) is 21.1 Å². The van der Waals surface area contributed by atoms with Crippen LogP contribution in [0.25, 0.3) is 10.9 Å². The molecule has 7 nitrogen and oxygen atoms in total. The number of halogens is 1. The van der Waals surface area contributed by atoms with Crippen LogP contribution in [-0.4, -0.2) is 34.9 Å². The molecular formula is C21H22ClN3O4S. The molecule has 1 aromatic heterocycles. The Kier molecular flexibility index (Phi) is 6.89. The SMILES string of the molecule is CCC(Sc1nc2ccccc2c(=O)n1C)C(=O)Nc1cc(Cl)c(OC)cc1OC. The first-order valence-electron chi connectivity index (χ1n) is 9.24. The number of carbonyl (C=O) groups excluding carboxylic acids is 1. The van der Waals surface area contributed by atoms with Gasteiger partial charge < -0.3 is 14.8 Å². The van der Waals surface area contributed by atoms with Crippen molar-refractivity contribution in [2.24, 2.45) is 7.05 Å². The van der Waals surface area contributed by atoms with Crippen molar-refractivity contribution >= 4 is 45.9 Å². The molecule has 158 valence electrons. The molecule has 0 aliphatic heterocycles. The second-order valence-corrected chi connectivity index (χ2v) is 8.04. The lowest BCUT2D eigenvalue weighted by Gasteiger charge is -2.18. The van der Waals surface area contributed by atoms with E-state index >= 15 is 0 Å². The Hall–Kier alpha value is -2.71. The van der Waals surface area contributed by atoms with Crippen LogP contribution < -0.4 is 20.3 Å². The van der Waals surface area contributed by atoms with E-state index in [1.807, 2.05) is 13.0 Å². The van der Waals surface area contributed by atoms with Crippen molar-refractivity contribution in [1.29, 1.82) is 0 Å². The van der Waals surface area contributed by atoms with Gasteiger partial charge in [-0.3, -0.25) is 14.2 Å².